The first-order chi connectivity index (χ1) is 12.8. The molecule has 28 heavy (non-hydrogen) atoms. The molecule has 0 saturated carbocycles. The molecule has 0 aromatic rings. The van der Waals surface area contributed by atoms with Gasteiger partial charge in [-0.15, -0.1) is 6.58 Å². The van der Waals surface area contributed by atoms with E-state index < -0.39 is 14.1 Å². The third-order valence-electron chi connectivity index (χ3n) is 5.79. The third kappa shape index (κ3) is 7.88. The molecule has 0 aromatic carbocycles. The Hall–Kier alpha value is -0.243. The number of ether oxygens (including phenoxy) is 4. The van der Waals surface area contributed by atoms with Gasteiger partial charge in [-0.1, -0.05) is 26.8 Å². The molecule has 1 rings (SSSR count). The highest BCUT2D eigenvalue weighted by atomic mass is 28.4. The lowest BCUT2D eigenvalue weighted by atomic mass is 9.99. The molecule has 0 radical (unpaired) electrons. The van der Waals surface area contributed by atoms with Gasteiger partial charge in [-0.05, 0) is 64.6 Å². The second kappa shape index (κ2) is 10.7. The first-order valence-electron chi connectivity index (χ1n) is 10.6. The van der Waals surface area contributed by atoms with Gasteiger partial charge >= 0.3 is 0 Å². The molecular formula is C22H44O5Si. The molecule has 4 atom stereocenters. The van der Waals surface area contributed by atoms with E-state index in [9.17, 15) is 0 Å². The molecule has 1 aliphatic rings. The van der Waals surface area contributed by atoms with Crippen LogP contribution in [0.15, 0.2) is 12.7 Å². The second-order valence-electron chi connectivity index (χ2n) is 9.89. The van der Waals surface area contributed by atoms with E-state index >= 15 is 0 Å². The number of hydrogen-bond acceptors (Lipinski definition) is 5. The minimum absolute atomic E-state index is 0.00289. The van der Waals surface area contributed by atoms with Crippen LogP contribution >= 0.6 is 0 Å². The molecule has 1 aliphatic heterocycles. The van der Waals surface area contributed by atoms with Crippen molar-refractivity contribution >= 4 is 8.32 Å². The molecule has 1 heterocycles. The van der Waals surface area contributed by atoms with E-state index in [2.05, 4.69) is 47.4 Å². The first kappa shape index (κ1) is 25.8. The van der Waals surface area contributed by atoms with Crippen LogP contribution in [0, 0.1) is 0 Å². The van der Waals surface area contributed by atoms with Crippen LogP contribution < -0.4 is 0 Å². The van der Waals surface area contributed by atoms with Crippen molar-refractivity contribution in [2.24, 2.45) is 0 Å². The van der Waals surface area contributed by atoms with Gasteiger partial charge in [0.15, 0.2) is 14.1 Å². The van der Waals surface area contributed by atoms with Crippen LogP contribution in [0.4, 0.5) is 0 Å². The fourth-order valence-corrected chi connectivity index (χ4v) is 4.84. The molecule has 166 valence electrons. The summed E-state index contributed by atoms with van der Waals surface area (Å²) < 4.78 is 29.8. The third-order valence-corrected chi connectivity index (χ3v) is 10.4. The van der Waals surface area contributed by atoms with E-state index in [1.54, 1.807) is 7.11 Å². The summed E-state index contributed by atoms with van der Waals surface area (Å²) in [5.74, 6) is -0.603. The number of hydrogen-bond donors (Lipinski definition) is 0. The Morgan fingerprint density at radius 3 is 2.39 bits per heavy atom. The van der Waals surface area contributed by atoms with Crippen molar-refractivity contribution in [3.05, 3.63) is 12.7 Å². The van der Waals surface area contributed by atoms with Crippen molar-refractivity contribution in [3.8, 4) is 0 Å². The Labute approximate surface area is 174 Å². The van der Waals surface area contributed by atoms with Gasteiger partial charge in [0.1, 0.15) is 12.9 Å². The van der Waals surface area contributed by atoms with Crippen molar-refractivity contribution in [2.45, 2.75) is 116 Å². The van der Waals surface area contributed by atoms with Gasteiger partial charge in [0.25, 0.3) is 0 Å². The van der Waals surface area contributed by atoms with E-state index in [1.807, 2.05) is 19.9 Å². The Balaban J connectivity index is 2.63. The minimum Gasteiger partial charge on any atom is -0.414 e. The summed E-state index contributed by atoms with van der Waals surface area (Å²) in [6.45, 7) is 21.7. The molecule has 0 amide bonds. The predicted octanol–water partition coefficient (Wildman–Crippen LogP) is 5.65. The highest BCUT2D eigenvalue weighted by molar-refractivity contribution is 6.74. The highest BCUT2D eigenvalue weighted by Crippen LogP contribution is 2.38. The molecule has 0 aromatic heterocycles. The fraction of sp³-hybridized carbons (Fsp3) is 0.909. The maximum Gasteiger partial charge on any atom is 0.192 e. The second-order valence-corrected chi connectivity index (χ2v) is 14.7. The molecule has 6 heteroatoms. The van der Waals surface area contributed by atoms with Crippen LogP contribution in [-0.4, -0.2) is 52.4 Å². The van der Waals surface area contributed by atoms with Gasteiger partial charge in [-0.25, -0.2) is 0 Å². The molecule has 0 aliphatic carbocycles. The van der Waals surface area contributed by atoms with Gasteiger partial charge in [-0.2, -0.15) is 0 Å². The van der Waals surface area contributed by atoms with Crippen LogP contribution in [-0.2, 0) is 23.4 Å². The van der Waals surface area contributed by atoms with Gasteiger partial charge in [0, 0.05) is 13.2 Å². The zero-order valence-electron chi connectivity index (χ0n) is 19.7. The normalized spacial score (nSPS) is 24.9. The summed E-state index contributed by atoms with van der Waals surface area (Å²) in [6.07, 6.45) is 5.54. The number of methoxy groups -OCH3 is 1. The average molecular weight is 417 g/mol. The van der Waals surface area contributed by atoms with Crippen molar-refractivity contribution in [1.29, 1.82) is 0 Å². The molecular weight excluding hydrogens is 372 g/mol. The maximum absolute atomic E-state index is 6.49. The zero-order valence-corrected chi connectivity index (χ0v) is 20.7. The molecule has 5 nitrogen and oxygen atoms in total. The van der Waals surface area contributed by atoms with Crippen molar-refractivity contribution in [1.82, 2.24) is 0 Å². The standard InChI is InChI=1S/C22H44O5Si/c1-11-13-18(24-16-23-8)20-19(25-22(6,7)26-20)15-12-14-17(2)27-28(9,10)21(3,4)5/h11,17-20H,1,12-16H2,2-10H3/t17-,18-,19?,20-/m0/s1. The first-order valence-corrected chi connectivity index (χ1v) is 13.5. The Kier molecular flexibility index (Phi) is 9.84. The summed E-state index contributed by atoms with van der Waals surface area (Å²) in [5.41, 5.74) is 0. The van der Waals surface area contributed by atoms with Crippen LogP contribution in [0.25, 0.3) is 0 Å². The average Bonchev–Trinajstić information content (AvgIpc) is 2.84. The SMILES string of the molecule is C=CC[C@H](OCOC)[C@@H]1OC(C)(C)OC1CCC[C@H](C)O[Si](C)(C)C(C)(C)C. The fourth-order valence-electron chi connectivity index (χ4n) is 3.36. The van der Waals surface area contributed by atoms with Gasteiger partial charge in [0.2, 0.25) is 0 Å². The molecule has 1 saturated heterocycles. The molecule has 1 fully saturated rings. The summed E-state index contributed by atoms with van der Waals surface area (Å²) in [6, 6.07) is 0. The molecule has 0 spiro atoms. The monoisotopic (exact) mass is 416 g/mol. The topological polar surface area (TPSA) is 46.2 Å². The Morgan fingerprint density at radius 1 is 1.21 bits per heavy atom. The quantitative estimate of drug-likeness (QED) is 0.234. The van der Waals surface area contributed by atoms with E-state index in [0.717, 1.165) is 19.3 Å². The van der Waals surface area contributed by atoms with Crippen molar-refractivity contribution in [2.75, 3.05) is 13.9 Å². The van der Waals surface area contributed by atoms with Crippen LogP contribution in [0.1, 0.15) is 67.2 Å². The minimum atomic E-state index is -1.73. The zero-order chi connectivity index (χ0) is 21.6. The van der Waals surface area contributed by atoms with Gasteiger partial charge in [-0.3, -0.25) is 0 Å². The van der Waals surface area contributed by atoms with Crippen LogP contribution in [0.3, 0.4) is 0 Å². The van der Waals surface area contributed by atoms with Crippen molar-refractivity contribution < 1.29 is 23.4 Å². The lowest BCUT2D eigenvalue weighted by Gasteiger charge is -2.38. The summed E-state index contributed by atoms with van der Waals surface area (Å²) in [4.78, 5) is 0. The Morgan fingerprint density at radius 2 is 1.86 bits per heavy atom. The predicted molar refractivity (Wildman–Crippen MR) is 117 cm³/mol. The molecule has 0 bridgehead atoms. The molecule has 1 unspecified atom stereocenters. The van der Waals surface area contributed by atoms with E-state index in [0.29, 0.717) is 6.42 Å². The highest BCUT2D eigenvalue weighted by Gasteiger charge is 2.45. The lowest BCUT2D eigenvalue weighted by Crippen LogP contribution is -2.43. The van der Waals surface area contributed by atoms with Crippen LogP contribution in [0.2, 0.25) is 18.1 Å². The summed E-state index contributed by atoms with van der Waals surface area (Å²) in [5, 5.41) is 0.232. The lowest BCUT2D eigenvalue weighted by molar-refractivity contribution is -0.169. The van der Waals surface area contributed by atoms with Gasteiger partial charge < -0.3 is 23.4 Å². The maximum atomic E-state index is 6.49. The van der Waals surface area contributed by atoms with Crippen molar-refractivity contribution in [3.63, 3.8) is 0 Å². The number of rotatable bonds is 12. The summed E-state index contributed by atoms with van der Waals surface area (Å²) in [7, 11) is -0.103. The Bertz CT molecular complexity index is 472. The molecule has 0 N–H and O–H groups in total. The van der Waals surface area contributed by atoms with E-state index in [4.69, 9.17) is 23.4 Å². The van der Waals surface area contributed by atoms with E-state index in [-0.39, 0.29) is 36.2 Å². The smallest absolute Gasteiger partial charge is 0.192 e. The largest absolute Gasteiger partial charge is 0.414 e. The van der Waals surface area contributed by atoms with E-state index in [1.165, 1.54) is 0 Å². The van der Waals surface area contributed by atoms with Gasteiger partial charge in [0.05, 0.1) is 12.2 Å². The summed E-state index contributed by atoms with van der Waals surface area (Å²) >= 11 is 0. The van der Waals surface area contributed by atoms with Crippen LogP contribution in [0.5, 0.6) is 0 Å².